The zero-order chi connectivity index (χ0) is 19.3. The van der Waals surface area contributed by atoms with E-state index in [0.29, 0.717) is 17.5 Å². The quantitative estimate of drug-likeness (QED) is 0.435. The van der Waals surface area contributed by atoms with E-state index in [2.05, 4.69) is 10.3 Å². The smallest absolute Gasteiger partial charge is 0.250 e. The Morgan fingerprint density at radius 2 is 2.04 bits per heavy atom. The standard InChI is InChI=1S/C22H18N2O3S/c1-2-26-17-8-11-18-20(14-17)28-22(23-18)24-21(25)13-10-16-9-12-19(27-16)15-6-4-3-5-7-15/h3-14H,2H2,1H3,(H,23,24,25)/b13-10+. The van der Waals surface area contributed by atoms with Crippen LogP contribution in [-0.4, -0.2) is 17.5 Å². The number of benzene rings is 2. The molecular weight excluding hydrogens is 372 g/mol. The minimum absolute atomic E-state index is 0.262. The van der Waals surface area contributed by atoms with Crippen LogP contribution in [-0.2, 0) is 4.79 Å². The molecule has 0 spiro atoms. The molecule has 2 aromatic heterocycles. The monoisotopic (exact) mass is 390 g/mol. The summed E-state index contributed by atoms with van der Waals surface area (Å²) in [5, 5.41) is 3.33. The largest absolute Gasteiger partial charge is 0.494 e. The SMILES string of the molecule is CCOc1ccc2nc(NC(=O)/C=C/c3ccc(-c4ccccc4)o3)sc2c1. The zero-order valence-corrected chi connectivity index (χ0v) is 16.0. The minimum atomic E-state index is -0.262. The fourth-order valence-electron chi connectivity index (χ4n) is 2.72. The fraction of sp³-hybridized carbons (Fsp3) is 0.0909. The maximum Gasteiger partial charge on any atom is 0.250 e. The van der Waals surface area contributed by atoms with Crippen LogP contribution < -0.4 is 10.1 Å². The molecule has 1 amide bonds. The van der Waals surface area contributed by atoms with Gasteiger partial charge in [0.25, 0.3) is 0 Å². The molecule has 2 heterocycles. The van der Waals surface area contributed by atoms with Gasteiger partial charge in [-0.2, -0.15) is 0 Å². The molecule has 0 aliphatic carbocycles. The number of carbonyl (C=O) groups excluding carboxylic acids is 1. The fourth-order valence-corrected chi connectivity index (χ4v) is 3.62. The third-order valence-corrected chi connectivity index (χ3v) is 4.92. The highest BCUT2D eigenvalue weighted by Crippen LogP contribution is 2.29. The molecule has 0 radical (unpaired) electrons. The summed E-state index contributed by atoms with van der Waals surface area (Å²) in [6.45, 7) is 2.55. The van der Waals surface area contributed by atoms with Gasteiger partial charge in [0.15, 0.2) is 5.13 Å². The summed E-state index contributed by atoms with van der Waals surface area (Å²) in [5.41, 5.74) is 1.82. The average molecular weight is 390 g/mol. The van der Waals surface area contributed by atoms with E-state index in [-0.39, 0.29) is 5.91 Å². The van der Waals surface area contributed by atoms with E-state index in [9.17, 15) is 4.79 Å². The number of thiazole rings is 1. The van der Waals surface area contributed by atoms with Gasteiger partial charge in [-0.15, -0.1) is 0 Å². The molecule has 0 aliphatic rings. The highest BCUT2D eigenvalue weighted by molar-refractivity contribution is 7.22. The van der Waals surface area contributed by atoms with E-state index in [0.717, 1.165) is 27.3 Å². The average Bonchev–Trinajstić information content (AvgIpc) is 3.33. The maximum atomic E-state index is 12.2. The molecule has 0 bridgehead atoms. The summed E-state index contributed by atoms with van der Waals surface area (Å²) < 4.78 is 12.2. The molecule has 0 saturated heterocycles. The Kier molecular flexibility index (Phi) is 5.21. The predicted molar refractivity (Wildman–Crippen MR) is 113 cm³/mol. The molecule has 140 valence electrons. The number of rotatable bonds is 6. The van der Waals surface area contributed by atoms with Crippen molar-refractivity contribution >= 4 is 38.7 Å². The van der Waals surface area contributed by atoms with E-state index in [4.69, 9.17) is 9.15 Å². The number of anilines is 1. The second kappa shape index (κ2) is 8.10. The first-order chi connectivity index (χ1) is 13.7. The lowest BCUT2D eigenvalue weighted by molar-refractivity contribution is -0.111. The normalized spacial score (nSPS) is 11.2. The first kappa shape index (κ1) is 18.0. The van der Waals surface area contributed by atoms with Crippen molar-refractivity contribution in [2.45, 2.75) is 6.92 Å². The highest BCUT2D eigenvalue weighted by atomic mass is 32.1. The molecule has 28 heavy (non-hydrogen) atoms. The maximum absolute atomic E-state index is 12.2. The number of ether oxygens (including phenoxy) is 1. The number of nitrogens with zero attached hydrogens (tertiary/aromatic N) is 1. The van der Waals surface area contributed by atoms with Gasteiger partial charge in [0.1, 0.15) is 17.3 Å². The second-order valence-electron chi connectivity index (χ2n) is 5.97. The summed E-state index contributed by atoms with van der Waals surface area (Å²) in [6.07, 6.45) is 3.08. The van der Waals surface area contributed by atoms with Crippen LogP contribution in [0.2, 0.25) is 0 Å². The Labute approximate surface area is 166 Å². The topological polar surface area (TPSA) is 64.4 Å². The van der Waals surface area contributed by atoms with Crippen LogP contribution in [0.4, 0.5) is 5.13 Å². The van der Waals surface area contributed by atoms with Gasteiger partial charge in [0.2, 0.25) is 5.91 Å². The Balaban J connectivity index is 1.43. The van der Waals surface area contributed by atoms with E-state index in [1.54, 1.807) is 6.08 Å². The van der Waals surface area contributed by atoms with Crippen LogP contribution in [0.25, 0.3) is 27.6 Å². The lowest BCUT2D eigenvalue weighted by Gasteiger charge is -2.00. The van der Waals surface area contributed by atoms with Crippen LogP contribution in [0.3, 0.4) is 0 Å². The van der Waals surface area contributed by atoms with Gasteiger partial charge < -0.3 is 9.15 Å². The Morgan fingerprint density at radius 1 is 1.18 bits per heavy atom. The van der Waals surface area contributed by atoms with Crippen molar-refractivity contribution in [2.75, 3.05) is 11.9 Å². The van der Waals surface area contributed by atoms with Crippen LogP contribution in [0.1, 0.15) is 12.7 Å². The van der Waals surface area contributed by atoms with Gasteiger partial charge in [-0.25, -0.2) is 4.98 Å². The predicted octanol–water partition coefficient (Wildman–Crippen LogP) is 5.61. The van der Waals surface area contributed by atoms with Gasteiger partial charge in [-0.05, 0) is 43.3 Å². The van der Waals surface area contributed by atoms with E-state index < -0.39 is 0 Å². The molecule has 4 rings (SSSR count). The molecule has 0 atom stereocenters. The molecule has 0 unspecified atom stereocenters. The Hall–Kier alpha value is -3.38. The number of carbonyl (C=O) groups is 1. The summed E-state index contributed by atoms with van der Waals surface area (Å²) in [6, 6.07) is 19.2. The molecule has 4 aromatic rings. The summed E-state index contributed by atoms with van der Waals surface area (Å²) in [5.74, 6) is 1.90. The molecule has 1 N–H and O–H groups in total. The number of fused-ring (bicyclic) bond motifs is 1. The van der Waals surface area contributed by atoms with Crippen molar-refractivity contribution in [3.05, 3.63) is 72.5 Å². The van der Waals surface area contributed by atoms with E-state index in [1.807, 2.05) is 67.6 Å². The van der Waals surface area contributed by atoms with Crippen molar-refractivity contribution in [3.63, 3.8) is 0 Å². The van der Waals surface area contributed by atoms with Crippen LogP contribution >= 0.6 is 11.3 Å². The van der Waals surface area contributed by atoms with Crippen LogP contribution in [0, 0.1) is 0 Å². The molecule has 2 aromatic carbocycles. The van der Waals surface area contributed by atoms with E-state index in [1.165, 1.54) is 17.4 Å². The van der Waals surface area contributed by atoms with Gasteiger partial charge in [0.05, 0.1) is 16.8 Å². The molecule has 0 saturated carbocycles. The van der Waals surface area contributed by atoms with Gasteiger partial charge >= 0.3 is 0 Å². The Bertz CT molecular complexity index is 1130. The first-order valence-electron chi connectivity index (χ1n) is 8.89. The summed E-state index contributed by atoms with van der Waals surface area (Å²) >= 11 is 1.41. The molecule has 6 heteroatoms. The zero-order valence-electron chi connectivity index (χ0n) is 15.2. The summed E-state index contributed by atoms with van der Waals surface area (Å²) in [4.78, 5) is 16.6. The van der Waals surface area contributed by atoms with Crippen LogP contribution in [0.5, 0.6) is 5.75 Å². The molecule has 0 fully saturated rings. The Morgan fingerprint density at radius 3 is 2.86 bits per heavy atom. The van der Waals surface area contributed by atoms with Gasteiger partial charge in [0, 0.05) is 11.6 Å². The van der Waals surface area contributed by atoms with Gasteiger partial charge in [-0.3, -0.25) is 10.1 Å². The number of hydrogen-bond acceptors (Lipinski definition) is 5. The number of amides is 1. The van der Waals surface area contributed by atoms with Crippen molar-refractivity contribution in [2.24, 2.45) is 0 Å². The number of hydrogen-bond donors (Lipinski definition) is 1. The minimum Gasteiger partial charge on any atom is -0.494 e. The van der Waals surface area contributed by atoms with Crippen LogP contribution in [0.15, 0.2) is 71.2 Å². The third kappa shape index (κ3) is 4.13. The van der Waals surface area contributed by atoms with Crippen molar-refractivity contribution < 1.29 is 13.9 Å². The van der Waals surface area contributed by atoms with Crippen molar-refractivity contribution in [1.29, 1.82) is 0 Å². The van der Waals surface area contributed by atoms with Gasteiger partial charge in [-0.1, -0.05) is 41.7 Å². The molecule has 0 aliphatic heterocycles. The van der Waals surface area contributed by atoms with E-state index >= 15 is 0 Å². The second-order valence-corrected chi connectivity index (χ2v) is 7.00. The lowest BCUT2D eigenvalue weighted by atomic mass is 10.2. The first-order valence-corrected chi connectivity index (χ1v) is 9.70. The number of aromatic nitrogens is 1. The number of nitrogens with one attached hydrogen (secondary N) is 1. The van der Waals surface area contributed by atoms with Crippen molar-refractivity contribution in [1.82, 2.24) is 4.98 Å². The number of furan rings is 1. The third-order valence-electron chi connectivity index (χ3n) is 3.99. The van der Waals surface area contributed by atoms with Crippen molar-refractivity contribution in [3.8, 4) is 17.1 Å². The molecular formula is C22H18N2O3S. The summed E-state index contributed by atoms with van der Waals surface area (Å²) in [7, 11) is 0. The lowest BCUT2D eigenvalue weighted by Crippen LogP contribution is -2.07. The molecule has 5 nitrogen and oxygen atoms in total. The highest BCUT2D eigenvalue weighted by Gasteiger charge is 2.08.